The summed E-state index contributed by atoms with van der Waals surface area (Å²) in [6.07, 6.45) is 0. The van der Waals surface area contributed by atoms with Gasteiger partial charge in [0.05, 0.1) is 13.2 Å². The molecule has 0 amide bonds. The van der Waals surface area contributed by atoms with Gasteiger partial charge in [-0.15, -0.1) is 0 Å². The fraction of sp³-hybridized carbons (Fsp3) is 0.556. The molecule has 0 saturated carbocycles. The first-order valence-electron chi connectivity index (χ1n) is 8.71. The van der Waals surface area contributed by atoms with Crippen LogP contribution >= 0.6 is 11.6 Å². The number of piperazine rings is 1. The second-order valence-corrected chi connectivity index (χ2v) is 6.86. The van der Waals surface area contributed by atoms with Gasteiger partial charge in [-0.3, -0.25) is 9.80 Å². The van der Waals surface area contributed by atoms with Gasteiger partial charge in [0.1, 0.15) is 12.4 Å². The second kappa shape index (κ2) is 8.81. The summed E-state index contributed by atoms with van der Waals surface area (Å²) in [6.45, 7) is 7.08. The summed E-state index contributed by atoms with van der Waals surface area (Å²) in [6, 6.07) is 5.84. The van der Waals surface area contributed by atoms with Crippen molar-refractivity contribution in [2.75, 3.05) is 40.4 Å². The molecule has 2 heterocycles. The van der Waals surface area contributed by atoms with Crippen molar-refractivity contribution in [3.8, 4) is 5.75 Å². The fourth-order valence-electron chi connectivity index (χ4n) is 3.20. The van der Waals surface area contributed by atoms with Crippen LogP contribution in [-0.4, -0.2) is 60.3 Å². The zero-order chi connectivity index (χ0) is 18.5. The molecule has 3 rings (SSSR count). The molecule has 7 nitrogen and oxygen atoms in total. The molecule has 1 atom stereocenters. The maximum atomic E-state index is 6.13. The summed E-state index contributed by atoms with van der Waals surface area (Å²) in [5, 5.41) is 4.68. The molecule has 1 unspecified atom stereocenters. The van der Waals surface area contributed by atoms with Crippen LogP contribution in [0.2, 0.25) is 5.02 Å². The van der Waals surface area contributed by atoms with Crippen molar-refractivity contribution in [2.24, 2.45) is 0 Å². The van der Waals surface area contributed by atoms with Gasteiger partial charge >= 0.3 is 0 Å². The molecule has 0 aliphatic carbocycles. The van der Waals surface area contributed by atoms with E-state index in [4.69, 9.17) is 25.6 Å². The molecule has 26 heavy (non-hydrogen) atoms. The van der Waals surface area contributed by atoms with Crippen LogP contribution in [0.25, 0.3) is 0 Å². The van der Waals surface area contributed by atoms with E-state index in [0.29, 0.717) is 18.3 Å². The molecule has 1 fully saturated rings. The molecule has 142 valence electrons. The van der Waals surface area contributed by atoms with Gasteiger partial charge in [-0.1, -0.05) is 16.8 Å². The van der Waals surface area contributed by atoms with Crippen LogP contribution in [0.1, 0.15) is 30.2 Å². The monoisotopic (exact) mass is 380 g/mol. The lowest BCUT2D eigenvalue weighted by atomic mass is 10.1. The van der Waals surface area contributed by atoms with E-state index in [2.05, 4.69) is 26.9 Å². The van der Waals surface area contributed by atoms with Crippen LogP contribution in [0, 0.1) is 0 Å². The molecule has 1 aromatic heterocycles. The van der Waals surface area contributed by atoms with Gasteiger partial charge in [0.2, 0.25) is 5.89 Å². The molecule has 0 bridgehead atoms. The van der Waals surface area contributed by atoms with Gasteiger partial charge in [0.25, 0.3) is 0 Å². The van der Waals surface area contributed by atoms with Crippen LogP contribution < -0.4 is 4.74 Å². The highest BCUT2D eigenvalue weighted by atomic mass is 35.5. The van der Waals surface area contributed by atoms with E-state index in [0.717, 1.165) is 49.1 Å². The van der Waals surface area contributed by atoms with E-state index in [1.165, 1.54) is 0 Å². The van der Waals surface area contributed by atoms with E-state index in [9.17, 15) is 0 Å². The van der Waals surface area contributed by atoms with E-state index in [1.807, 2.05) is 18.2 Å². The van der Waals surface area contributed by atoms with Crippen molar-refractivity contribution in [1.29, 1.82) is 0 Å². The summed E-state index contributed by atoms with van der Waals surface area (Å²) in [4.78, 5) is 9.17. The Kier molecular flexibility index (Phi) is 6.48. The average molecular weight is 381 g/mol. The maximum absolute atomic E-state index is 6.13. The third-order valence-corrected chi connectivity index (χ3v) is 4.94. The maximum Gasteiger partial charge on any atom is 0.243 e. The van der Waals surface area contributed by atoms with E-state index < -0.39 is 0 Å². The van der Waals surface area contributed by atoms with Crippen molar-refractivity contribution in [1.82, 2.24) is 19.9 Å². The lowest BCUT2D eigenvalue weighted by Gasteiger charge is -2.37. The Balaban J connectivity index is 1.56. The highest BCUT2D eigenvalue weighted by Crippen LogP contribution is 2.26. The summed E-state index contributed by atoms with van der Waals surface area (Å²) >= 11 is 6.13. The summed E-state index contributed by atoms with van der Waals surface area (Å²) < 4.78 is 15.9. The van der Waals surface area contributed by atoms with Crippen LogP contribution in [0.5, 0.6) is 5.75 Å². The van der Waals surface area contributed by atoms with E-state index >= 15 is 0 Å². The Hall–Kier alpha value is -1.67. The van der Waals surface area contributed by atoms with Crippen molar-refractivity contribution >= 4 is 11.6 Å². The predicted molar refractivity (Wildman–Crippen MR) is 98.3 cm³/mol. The van der Waals surface area contributed by atoms with Crippen molar-refractivity contribution < 1.29 is 14.0 Å². The van der Waals surface area contributed by atoms with Gasteiger partial charge in [0.15, 0.2) is 5.82 Å². The Labute approximate surface area is 158 Å². The minimum absolute atomic E-state index is 0.0935. The third-order valence-electron chi connectivity index (χ3n) is 4.71. The van der Waals surface area contributed by atoms with Crippen molar-refractivity contribution in [3.63, 3.8) is 0 Å². The quantitative estimate of drug-likeness (QED) is 0.731. The normalized spacial score (nSPS) is 17.4. The molecule has 0 N–H and O–H groups in total. The summed E-state index contributed by atoms with van der Waals surface area (Å²) in [7, 11) is 3.31. The molecule has 2 aromatic rings. The number of benzene rings is 1. The number of ether oxygens (including phenoxy) is 2. The van der Waals surface area contributed by atoms with Crippen molar-refractivity contribution in [3.05, 3.63) is 40.5 Å². The molecular formula is C18H25ClN4O3. The zero-order valence-electron chi connectivity index (χ0n) is 15.4. The smallest absolute Gasteiger partial charge is 0.243 e. The topological polar surface area (TPSA) is 63.9 Å². The van der Waals surface area contributed by atoms with E-state index in [1.54, 1.807) is 14.2 Å². The molecule has 1 saturated heterocycles. The van der Waals surface area contributed by atoms with Crippen LogP contribution in [0.3, 0.4) is 0 Å². The fourth-order valence-corrected chi connectivity index (χ4v) is 3.40. The Morgan fingerprint density at radius 3 is 2.69 bits per heavy atom. The number of aromatic nitrogens is 2. The first-order chi connectivity index (χ1) is 12.6. The molecular weight excluding hydrogens is 356 g/mol. The van der Waals surface area contributed by atoms with Gasteiger partial charge in [-0.2, -0.15) is 4.98 Å². The number of methoxy groups -OCH3 is 2. The van der Waals surface area contributed by atoms with Gasteiger partial charge in [0, 0.05) is 50.4 Å². The van der Waals surface area contributed by atoms with Crippen molar-refractivity contribution in [2.45, 2.75) is 26.1 Å². The van der Waals surface area contributed by atoms with Crippen LogP contribution in [-0.2, 0) is 17.9 Å². The summed E-state index contributed by atoms with van der Waals surface area (Å²) in [5.74, 6) is 2.10. The van der Waals surface area contributed by atoms with Crippen LogP contribution in [0.4, 0.5) is 0 Å². The molecule has 1 aliphatic heterocycles. The number of nitrogens with zero attached hydrogens (tertiary/aromatic N) is 4. The highest BCUT2D eigenvalue weighted by Gasteiger charge is 2.26. The molecule has 8 heteroatoms. The number of hydrogen-bond donors (Lipinski definition) is 0. The number of hydrogen-bond acceptors (Lipinski definition) is 7. The van der Waals surface area contributed by atoms with Crippen LogP contribution in [0.15, 0.2) is 22.7 Å². The summed E-state index contributed by atoms with van der Waals surface area (Å²) in [5.41, 5.74) is 1.11. The predicted octanol–water partition coefficient (Wildman–Crippen LogP) is 2.76. The standard InChI is InChI=1S/C18H25ClN4O3/c1-13(18-20-17(12-24-2)21-26-18)23-8-6-22(7-9-23)11-14-10-15(19)4-5-16(14)25-3/h4-5,10,13H,6-9,11-12H2,1-3H3. The number of rotatable bonds is 7. The van der Waals surface area contributed by atoms with Gasteiger partial charge in [-0.05, 0) is 25.1 Å². The Morgan fingerprint density at radius 2 is 2.00 bits per heavy atom. The Bertz CT molecular complexity index is 716. The SMILES string of the molecule is COCc1noc(C(C)N2CCN(Cc3cc(Cl)ccc3OC)CC2)n1. The molecule has 0 spiro atoms. The average Bonchev–Trinajstić information content (AvgIpc) is 3.11. The first kappa shape index (κ1) is 19.1. The first-order valence-corrected chi connectivity index (χ1v) is 9.08. The van der Waals surface area contributed by atoms with Gasteiger partial charge in [-0.25, -0.2) is 0 Å². The number of halogens is 1. The zero-order valence-corrected chi connectivity index (χ0v) is 16.2. The molecule has 1 aliphatic rings. The largest absolute Gasteiger partial charge is 0.496 e. The second-order valence-electron chi connectivity index (χ2n) is 6.43. The lowest BCUT2D eigenvalue weighted by Crippen LogP contribution is -2.46. The van der Waals surface area contributed by atoms with Gasteiger partial charge < -0.3 is 14.0 Å². The molecule has 0 radical (unpaired) electrons. The third kappa shape index (κ3) is 4.54. The minimum Gasteiger partial charge on any atom is -0.496 e. The molecule has 1 aromatic carbocycles. The van der Waals surface area contributed by atoms with E-state index in [-0.39, 0.29) is 6.04 Å². The lowest BCUT2D eigenvalue weighted by molar-refractivity contribution is 0.0841. The Morgan fingerprint density at radius 1 is 1.23 bits per heavy atom. The highest BCUT2D eigenvalue weighted by molar-refractivity contribution is 6.30. The minimum atomic E-state index is 0.0935.